The smallest absolute Gasteiger partial charge is 0.247 e. The lowest BCUT2D eigenvalue weighted by atomic mass is 9.97. The highest BCUT2D eigenvalue weighted by molar-refractivity contribution is 6.30. The molecule has 5 heteroatoms. The van der Waals surface area contributed by atoms with Crippen molar-refractivity contribution in [1.82, 2.24) is 10.2 Å². The van der Waals surface area contributed by atoms with E-state index in [0.717, 1.165) is 30.4 Å². The third-order valence-electron chi connectivity index (χ3n) is 5.48. The van der Waals surface area contributed by atoms with Crippen molar-refractivity contribution in [3.05, 3.63) is 82.4 Å². The van der Waals surface area contributed by atoms with Gasteiger partial charge in [0.2, 0.25) is 11.8 Å². The number of nitrogens with one attached hydrogen (secondary N) is 1. The van der Waals surface area contributed by atoms with Crippen molar-refractivity contribution >= 4 is 23.4 Å². The zero-order valence-electron chi connectivity index (χ0n) is 17.4. The SMILES string of the molecule is CC(=O)N(Cc1ccc(Cl)cc1)[C@H](C(=O)NCCC1=CCCCC1)c1ccccc1. The van der Waals surface area contributed by atoms with E-state index in [-0.39, 0.29) is 11.8 Å². The molecule has 2 aromatic carbocycles. The summed E-state index contributed by atoms with van der Waals surface area (Å²) in [7, 11) is 0. The number of allylic oxidation sites excluding steroid dienone is 1. The maximum atomic E-state index is 13.2. The van der Waals surface area contributed by atoms with Crippen molar-refractivity contribution in [3.8, 4) is 0 Å². The van der Waals surface area contributed by atoms with Crippen LogP contribution in [0, 0.1) is 0 Å². The van der Waals surface area contributed by atoms with Crippen molar-refractivity contribution in [2.24, 2.45) is 0 Å². The fourth-order valence-corrected chi connectivity index (χ4v) is 3.98. The van der Waals surface area contributed by atoms with Gasteiger partial charge in [-0.05, 0) is 55.4 Å². The van der Waals surface area contributed by atoms with Crippen LogP contribution in [0.25, 0.3) is 0 Å². The minimum atomic E-state index is -0.681. The predicted molar refractivity (Wildman–Crippen MR) is 121 cm³/mol. The van der Waals surface area contributed by atoms with Gasteiger partial charge in [0.25, 0.3) is 0 Å². The molecular formula is C25H29ClN2O2. The first kappa shape index (κ1) is 22.1. The molecule has 1 atom stereocenters. The maximum absolute atomic E-state index is 13.2. The maximum Gasteiger partial charge on any atom is 0.247 e. The number of hydrogen-bond acceptors (Lipinski definition) is 2. The molecule has 0 saturated carbocycles. The van der Waals surface area contributed by atoms with E-state index < -0.39 is 6.04 Å². The van der Waals surface area contributed by atoms with Crippen LogP contribution >= 0.6 is 11.6 Å². The molecule has 2 amide bonds. The van der Waals surface area contributed by atoms with Crippen LogP contribution in [0.3, 0.4) is 0 Å². The quantitative estimate of drug-likeness (QED) is 0.574. The molecule has 0 bridgehead atoms. The van der Waals surface area contributed by atoms with Gasteiger partial charge in [0.05, 0.1) is 0 Å². The molecule has 0 unspecified atom stereocenters. The first-order valence-electron chi connectivity index (χ1n) is 10.6. The minimum absolute atomic E-state index is 0.149. The summed E-state index contributed by atoms with van der Waals surface area (Å²) in [5.41, 5.74) is 3.15. The van der Waals surface area contributed by atoms with Crippen LogP contribution in [-0.4, -0.2) is 23.3 Å². The lowest BCUT2D eigenvalue weighted by molar-refractivity contribution is -0.140. The molecule has 0 aromatic heterocycles. The Bertz CT molecular complexity index is 878. The van der Waals surface area contributed by atoms with Gasteiger partial charge in [0, 0.05) is 25.0 Å². The number of carbonyl (C=O) groups is 2. The monoisotopic (exact) mass is 424 g/mol. The summed E-state index contributed by atoms with van der Waals surface area (Å²) in [4.78, 5) is 27.4. The van der Waals surface area contributed by atoms with E-state index in [2.05, 4.69) is 11.4 Å². The van der Waals surface area contributed by atoms with Crippen LogP contribution in [0.2, 0.25) is 5.02 Å². The highest BCUT2D eigenvalue weighted by Gasteiger charge is 2.29. The predicted octanol–water partition coefficient (Wildman–Crippen LogP) is 5.44. The van der Waals surface area contributed by atoms with Gasteiger partial charge in [0.1, 0.15) is 6.04 Å². The largest absolute Gasteiger partial charge is 0.354 e. The van der Waals surface area contributed by atoms with Crippen molar-refractivity contribution in [1.29, 1.82) is 0 Å². The normalized spacial score (nSPS) is 14.5. The Balaban J connectivity index is 1.77. The molecule has 0 fully saturated rings. The molecule has 0 spiro atoms. The summed E-state index contributed by atoms with van der Waals surface area (Å²) in [6, 6.07) is 16.2. The Labute approximate surface area is 183 Å². The summed E-state index contributed by atoms with van der Waals surface area (Å²) in [5.74, 6) is -0.300. The second-order valence-electron chi connectivity index (χ2n) is 7.74. The van der Waals surface area contributed by atoms with E-state index >= 15 is 0 Å². The van der Waals surface area contributed by atoms with Crippen molar-refractivity contribution in [2.45, 2.75) is 51.6 Å². The van der Waals surface area contributed by atoms with Gasteiger partial charge in [-0.2, -0.15) is 0 Å². The standard InChI is InChI=1S/C25H29ClN2O2/c1-19(29)28(18-21-12-14-23(26)15-13-21)24(22-10-6-3-7-11-22)25(30)27-17-16-20-8-4-2-5-9-20/h3,6-8,10-15,24H,2,4-5,9,16-18H2,1H3,(H,27,30)/t24-/m0/s1. The number of hydrogen-bond donors (Lipinski definition) is 1. The van der Waals surface area contributed by atoms with Gasteiger partial charge in [-0.25, -0.2) is 0 Å². The van der Waals surface area contributed by atoms with Gasteiger partial charge in [-0.3, -0.25) is 9.59 Å². The number of halogens is 1. The van der Waals surface area contributed by atoms with Crippen LogP contribution in [0.1, 0.15) is 56.2 Å². The number of carbonyl (C=O) groups excluding carboxylic acids is 2. The van der Waals surface area contributed by atoms with Crippen molar-refractivity contribution in [3.63, 3.8) is 0 Å². The van der Waals surface area contributed by atoms with Crippen LogP contribution in [0.15, 0.2) is 66.2 Å². The van der Waals surface area contributed by atoms with E-state index in [0.29, 0.717) is 18.1 Å². The molecule has 30 heavy (non-hydrogen) atoms. The molecule has 4 nitrogen and oxygen atoms in total. The molecule has 3 rings (SSSR count). The zero-order valence-corrected chi connectivity index (χ0v) is 18.2. The lowest BCUT2D eigenvalue weighted by Gasteiger charge is -2.31. The number of rotatable bonds is 8. The molecule has 0 radical (unpaired) electrons. The minimum Gasteiger partial charge on any atom is -0.354 e. The average Bonchev–Trinajstić information content (AvgIpc) is 2.76. The van der Waals surface area contributed by atoms with Crippen LogP contribution in [0.4, 0.5) is 0 Å². The first-order chi connectivity index (χ1) is 14.5. The number of benzene rings is 2. The third kappa shape index (κ3) is 6.20. The lowest BCUT2D eigenvalue weighted by Crippen LogP contribution is -2.42. The van der Waals surface area contributed by atoms with E-state index in [1.807, 2.05) is 42.5 Å². The molecule has 0 saturated heterocycles. The van der Waals surface area contributed by atoms with Gasteiger partial charge in [-0.15, -0.1) is 0 Å². The fraction of sp³-hybridized carbons (Fsp3) is 0.360. The molecule has 1 aliphatic rings. The van der Waals surface area contributed by atoms with Gasteiger partial charge >= 0.3 is 0 Å². The van der Waals surface area contributed by atoms with Crippen molar-refractivity contribution in [2.75, 3.05) is 6.54 Å². The van der Waals surface area contributed by atoms with Gasteiger partial charge in [0.15, 0.2) is 0 Å². The summed E-state index contributed by atoms with van der Waals surface area (Å²) < 4.78 is 0. The average molecular weight is 425 g/mol. The topological polar surface area (TPSA) is 49.4 Å². The molecule has 0 heterocycles. The zero-order chi connectivity index (χ0) is 21.3. The molecular weight excluding hydrogens is 396 g/mol. The number of amides is 2. The molecule has 0 aliphatic heterocycles. The third-order valence-corrected chi connectivity index (χ3v) is 5.73. The number of nitrogens with zero attached hydrogens (tertiary/aromatic N) is 1. The van der Waals surface area contributed by atoms with Gasteiger partial charge in [-0.1, -0.05) is 65.7 Å². The summed E-state index contributed by atoms with van der Waals surface area (Å²) in [5, 5.41) is 3.71. The molecule has 158 valence electrons. The van der Waals surface area contributed by atoms with E-state index in [4.69, 9.17) is 11.6 Å². The summed E-state index contributed by atoms with van der Waals surface area (Å²) in [6.07, 6.45) is 7.90. The highest BCUT2D eigenvalue weighted by atomic mass is 35.5. The highest BCUT2D eigenvalue weighted by Crippen LogP contribution is 2.25. The van der Waals surface area contributed by atoms with Crippen LogP contribution < -0.4 is 5.32 Å². The van der Waals surface area contributed by atoms with Crippen LogP contribution in [0.5, 0.6) is 0 Å². The Kier molecular flexibility index (Phi) is 8.09. The van der Waals surface area contributed by atoms with Crippen molar-refractivity contribution < 1.29 is 9.59 Å². The Morgan fingerprint density at radius 3 is 2.43 bits per heavy atom. The van der Waals surface area contributed by atoms with E-state index in [1.165, 1.54) is 25.3 Å². The summed E-state index contributed by atoms with van der Waals surface area (Å²) >= 11 is 5.99. The fourth-order valence-electron chi connectivity index (χ4n) is 3.85. The Hall–Kier alpha value is -2.59. The molecule has 2 aromatic rings. The van der Waals surface area contributed by atoms with E-state index in [1.54, 1.807) is 17.0 Å². The second kappa shape index (κ2) is 11.0. The second-order valence-corrected chi connectivity index (χ2v) is 8.17. The Morgan fingerprint density at radius 2 is 1.80 bits per heavy atom. The van der Waals surface area contributed by atoms with E-state index in [9.17, 15) is 9.59 Å². The van der Waals surface area contributed by atoms with Crippen LogP contribution in [-0.2, 0) is 16.1 Å². The molecule has 1 N–H and O–H groups in total. The molecule has 1 aliphatic carbocycles. The Morgan fingerprint density at radius 1 is 1.07 bits per heavy atom. The summed E-state index contributed by atoms with van der Waals surface area (Å²) in [6.45, 7) is 2.43. The first-order valence-corrected chi connectivity index (χ1v) is 10.9. The van der Waals surface area contributed by atoms with Gasteiger partial charge < -0.3 is 10.2 Å².